The Morgan fingerprint density at radius 3 is 2.60 bits per heavy atom. The van der Waals surface area contributed by atoms with E-state index in [1.54, 1.807) is 6.92 Å². The van der Waals surface area contributed by atoms with Crippen LogP contribution in [-0.2, 0) is 6.18 Å². The summed E-state index contributed by atoms with van der Waals surface area (Å²) in [5.41, 5.74) is -0.586. The van der Waals surface area contributed by atoms with Crippen LogP contribution in [0, 0.1) is 6.92 Å². The molecule has 0 unspecified atom stereocenters. The van der Waals surface area contributed by atoms with Crippen molar-refractivity contribution in [3.63, 3.8) is 0 Å². The third-order valence-corrected chi connectivity index (χ3v) is 2.72. The lowest BCUT2D eigenvalue weighted by Crippen LogP contribution is -2.13. The van der Waals surface area contributed by atoms with Gasteiger partial charge in [-0.1, -0.05) is 16.8 Å². The Balaban J connectivity index is 2.27. The highest BCUT2D eigenvalue weighted by Crippen LogP contribution is 2.33. The number of nitrogens with zero attached hydrogens (tertiary/aromatic N) is 1. The van der Waals surface area contributed by atoms with Gasteiger partial charge in [-0.2, -0.15) is 13.2 Å². The van der Waals surface area contributed by atoms with E-state index in [2.05, 4.69) is 10.5 Å². The minimum Gasteiger partial charge on any atom is -0.351 e. The van der Waals surface area contributed by atoms with Crippen LogP contribution in [0.15, 0.2) is 28.8 Å². The number of rotatable bonds is 2. The van der Waals surface area contributed by atoms with Crippen LogP contribution in [0.4, 0.5) is 18.9 Å². The number of benzene rings is 1. The van der Waals surface area contributed by atoms with Gasteiger partial charge in [-0.15, -0.1) is 0 Å². The average molecular weight is 305 g/mol. The third-order valence-electron chi connectivity index (χ3n) is 2.39. The third kappa shape index (κ3) is 3.11. The average Bonchev–Trinajstić information content (AvgIpc) is 2.77. The second kappa shape index (κ2) is 5.16. The Morgan fingerprint density at radius 1 is 1.35 bits per heavy atom. The maximum absolute atomic E-state index is 12.6. The zero-order valence-corrected chi connectivity index (χ0v) is 10.8. The highest BCUT2D eigenvalue weighted by atomic mass is 35.5. The van der Waals surface area contributed by atoms with E-state index in [1.807, 2.05) is 0 Å². The van der Waals surface area contributed by atoms with Gasteiger partial charge in [-0.05, 0) is 25.1 Å². The van der Waals surface area contributed by atoms with Crippen LogP contribution in [0.25, 0.3) is 0 Å². The zero-order valence-electron chi connectivity index (χ0n) is 10.1. The predicted molar refractivity (Wildman–Crippen MR) is 65.6 cm³/mol. The SMILES string of the molecule is Cc1cc(C(=O)Nc2cc(C(F)(F)F)ccc2Cl)on1. The normalized spacial score (nSPS) is 11.4. The summed E-state index contributed by atoms with van der Waals surface area (Å²) in [6, 6.07) is 4.00. The molecule has 1 amide bonds. The van der Waals surface area contributed by atoms with Crippen molar-refractivity contribution in [2.75, 3.05) is 5.32 Å². The smallest absolute Gasteiger partial charge is 0.351 e. The molecule has 0 saturated heterocycles. The Bertz CT molecular complexity index is 652. The van der Waals surface area contributed by atoms with Gasteiger partial charge in [0.1, 0.15) is 0 Å². The second-order valence-corrected chi connectivity index (χ2v) is 4.39. The fourth-order valence-corrected chi connectivity index (χ4v) is 1.62. The quantitative estimate of drug-likeness (QED) is 0.915. The van der Waals surface area contributed by atoms with Crippen molar-refractivity contribution in [2.24, 2.45) is 0 Å². The monoisotopic (exact) mass is 304 g/mol. The van der Waals surface area contributed by atoms with E-state index >= 15 is 0 Å². The molecule has 8 heteroatoms. The first kappa shape index (κ1) is 14.4. The molecule has 20 heavy (non-hydrogen) atoms. The predicted octanol–water partition coefficient (Wildman–Crippen LogP) is 3.91. The van der Waals surface area contributed by atoms with Gasteiger partial charge >= 0.3 is 6.18 Å². The number of halogens is 4. The number of hydrogen-bond acceptors (Lipinski definition) is 3. The number of carbonyl (C=O) groups excluding carboxylic acids is 1. The molecule has 2 aromatic rings. The van der Waals surface area contributed by atoms with Gasteiger partial charge in [0, 0.05) is 6.07 Å². The molecule has 2 rings (SSSR count). The number of alkyl halides is 3. The zero-order chi connectivity index (χ0) is 14.9. The fraction of sp³-hybridized carbons (Fsp3) is 0.167. The number of anilines is 1. The van der Waals surface area contributed by atoms with Crippen LogP contribution in [0.3, 0.4) is 0 Å². The second-order valence-electron chi connectivity index (χ2n) is 3.98. The van der Waals surface area contributed by atoms with Crippen molar-refractivity contribution in [3.05, 3.63) is 46.3 Å². The first-order chi connectivity index (χ1) is 9.27. The van der Waals surface area contributed by atoms with Crippen LogP contribution in [0.1, 0.15) is 21.8 Å². The minimum absolute atomic E-state index is 0.0115. The first-order valence-electron chi connectivity index (χ1n) is 5.39. The molecule has 0 aliphatic carbocycles. The number of nitrogens with one attached hydrogen (secondary N) is 1. The number of amides is 1. The summed E-state index contributed by atoms with van der Waals surface area (Å²) in [7, 11) is 0. The van der Waals surface area contributed by atoms with Gasteiger partial charge in [-0.3, -0.25) is 4.79 Å². The van der Waals surface area contributed by atoms with E-state index in [-0.39, 0.29) is 16.5 Å². The molecule has 0 aliphatic heterocycles. The van der Waals surface area contributed by atoms with Crippen molar-refractivity contribution in [3.8, 4) is 0 Å². The highest BCUT2D eigenvalue weighted by Gasteiger charge is 2.31. The Labute approximate surface area is 116 Å². The van der Waals surface area contributed by atoms with Crippen LogP contribution in [0.5, 0.6) is 0 Å². The van der Waals surface area contributed by atoms with Gasteiger partial charge in [0.25, 0.3) is 5.91 Å². The van der Waals surface area contributed by atoms with Crippen molar-refractivity contribution in [1.29, 1.82) is 0 Å². The summed E-state index contributed by atoms with van der Waals surface area (Å²) in [5.74, 6) is -0.845. The largest absolute Gasteiger partial charge is 0.416 e. The number of aryl methyl sites for hydroxylation is 1. The summed E-state index contributed by atoms with van der Waals surface area (Å²) in [6.07, 6.45) is -4.52. The minimum atomic E-state index is -4.52. The maximum atomic E-state index is 12.6. The fourth-order valence-electron chi connectivity index (χ4n) is 1.45. The summed E-state index contributed by atoms with van der Waals surface area (Å²) in [4.78, 5) is 11.8. The first-order valence-corrected chi connectivity index (χ1v) is 5.76. The molecule has 0 radical (unpaired) electrons. The van der Waals surface area contributed by atoms with E-state index in [0.717, 1.165) is 18.2 Å². The van der Waals surface area contributed by atoms with E-state index in [9.17, 15) is 18.0 Å². The van der Waals surface area contributed by atoms with Crippen molar-refractivity contribution in [2.45, 2.75) is 13.1 Å². The van der Waals surface area contributed by atoms with Crippen LogP contribution < -0.4 is 5.32 Å². The lowest BCUT2D eigenvalue weighted by atomic mass is 10.2. The van der Waals surface area contributed by atoms with Gasteiger partial charge in [0.2, 0.25) is 5.76 Å². The summed E-state index contributed by atoms with van der Waals surface area (Å²) < 4.78 is 42.4. The molecule has 106 valence electrons. The topological polar surface area (TPSA) is 55.1 Å². The highest BCUT2D eigenvalue weighted by molar-refractivity contribution is 6.33. The maximum Gasteiger partial charge on any atom is 0.416 e. The number of aromatic nitrogens is 1. The lowest BCUT2D eigenvalue weighted by molar-refractivity contribution is -0.137. The Kier molecular flexibility index (Phi) is 3.71. The Morgan fingerprint density at radius 2 is 2.05 bits per heavy atom. The molecule has 0 atom stereocenters. The summed E-state index contributed by atoms with van der Waals surface area (Å²) in [5, 5.41) is 5.75. The van der Waals surface area contributed by atoms with Crippen LogP contribution >= 0.6 is 11.6 Å². The number of hydrogen-bond donors (Lipinski definition) is 1. The van der Waals surface area contributed by atoms with Gasteiger partial charge in [0.15, 0.2) is 0 Å². The molecule has 1 aromatic heterocycles. The lowest BCUT2D eigenvalue weighted by Gasteiger charge is -2.10. The van der Waals surface area contributed by atoms with Crippen molar-refractivity contribution < 1.29 is 22.5 Å². The molecule has 4 nitrogen and oxygen atoms in total. The van der Waals surface area contributed by atoms with Crippen LogP contribution in [0.2, 0.25) is 5.02 Å². The molecule has 0 bridgehead atoms. The Hall–Kier alpha value is -2.02. The molecule has 0 saturated carbocycles. The summed E-state index contributed by atoms with van der Waals surface area (Å²) in [6.45, 7) is 1.61. The molecular formula is C12H8ClF3N2O2. The molecule has 0 fully saturated rings. The molecular weight excluding hydrogens is 297 g/mol. The standard InChI is InChI=1S/C12H8ClF3N2O2/c1-6-4-10(20-18-6)11(19)17-9-5-7(12(14,15)16)2-3-8(9)13/h2-5H,1H3,(H,17,19). The van der Waals surface area contributed by atoms with E-state index in [1.165, 1.54) is 6.07 Å². The molecule has 1 N–H and O–H groups in total. The van der Waals surface area contributed by atoms with Gasteiger partial charge < -0.3 is 9.84 Å². The number of carbonyl (C=O) groups is 1. The molecule has 0 aliphatic rings. The van der Waals surface area contributed by atoms with Crippen molar-refractivity contribution >= 4 is 23.2 Å². The van der Waals surface area contributed by atoms with Gasteiger partial charge in [-0.25, -0.2) is 0 Å². The van der Waals surface area contributed by atoms with Crippen LogP contribution in [-0.4, -0.2) is 11.1 Å². The van der Waals surface area contributed by atoms with Gasteiger partial charge in [0.05, 0.1) is 22.0 Å². The van der Waals surface area contributed by atoms with Crippen molar-refractivity contribution in [1.82, 2.24) is 5.16 Å². The molecule has 1 heterocycles. The van der Waals surface area contributed by atoms with E-state index < -0.39 is 17.6 Å². The summed E-state index contributed by atoms with van der Waals surface area (Å²) >= 11 is 5.75. The van der Waals surface area contributed by atoms with E-state index in [4.69, 9.17) is 16.1 Å². The van der Waals surface area contributed by atoms with E-state index in [0.29, 0.717) is 5.69 Å². The molecule has 1 aromatic carbocycles. The molecule has 0 spiro atoms.